The van der Waals surface area contributed by atoms with Crippen LogP contribution in [0.5, 0.6) is 11.5 Å². The molecule has 1 N–H and O–H groups in total. The van der Waals surface area contributed by atoms with Crippen molar-refractivity contribution in [1.82, 2.24) is 10.2 Å². The van der Waals surface area contributed by atoms with Crippen LogP contribution in [0.4, 0.5) is 0 Å². The number of hydrogen-bond donors (Lipinski definition) is 1. The summed E-state index contributed by atoms with van der Waals surface area (Å²) in [6, 6.07) is 4.95. The van der Waals surface area contributed by atoms with Crippen LogP contribution in [-0.2, 0) is 9.59 Å². The molecule has 2 amide bonds. The Balaban J connectivity index is 1.93. The Morgan fingerprint density at radius 1 is 1.10 bits per heavy atom. The van der Waals surface area contributed by atoms with Gasteiger partial charge in [-0.25, -0.2) is 0 Å². The summed E-state index contributed by atoms with van der Waals surface area (Å²) < 4.78 is 11.4. The molecule has 0 heterocycles. The minimum Gasteiger partial charge on any atom is -0.493 e. The molecule has 1 atom stereocenters. The molecule has 0 saturated heterocycles. The van der Waals surface area contributed by atoms with E-state index >= 15 is 0 Å². The highest BCUT2D eigenvalue weighted by Gasteiger charge is 2.41. The topological polar surface area (TPSA) is 67.9 Å². The molecule has 2 aliphatic carbocycles. The Hall–Kier alpha value is -1.95. The molecule has 0 spiro atoms. The van der Waals surface area contributed by atoms with Crippen molar-refractivity contribution >= 4 is 23.4 Å². The average Bonchev–Trinajstić information content (AvgIpc) is 3.59. The quantitative estimate of drug-likeness (QED) is 0.441. The second-order valence-electron chi connectivity index (χ2n) is 8.84. The van der Waals surface area contributed by atoms with Crippen molar-refractivity contribution in [3.8, 4) is 11.5 Å². The molecular formula is C24H35ClN2O4. The summed E-state index contributed by atoms with van der Waals surface area (Å²) in [6.45, 7) is 3.90. The Morgan fingerprint density at radius 2 is 1.77 bits per heavy atom. The monoisotopic (exact) mass is 450 g/mol. The fourth-order valence-electron chi connectivity index (χ4n) is 4.33. The molecule has 172 valence electrons. The minimum absolute atomic E-state index is 0.00475. The molecule has 6 nitrogen and oxygen atoms in total. The van der Waals surface area contributed by atoms with Gasteiger partial charge in [0.25, 0.3) is 0 Å². The SMILES string of the molecule is COc1cc(C(C(=O)NC2CCCCCC2)N(C(=O)CCl)C2CC2)ccc1OC(C)C. The van der Waals surface area contributed by atoms with Crippen molar-refractivity contribution < 1.29 is 19.1 Å². The van der Waals surface area contributed by atoms with E-state index in [2.05, 4.69) is 5.32 Å². The van der Waals surface area contributed by atoms with Gasteiger partial charge in [0.1, 0.15) is 11.9 Å². The van der Waals surface area contributed by atoms with Crippen LogP contribution in [0.25, 0.3) is 0 Å². The Bertz CT molecular complexity index is 758. The van der Waals surface area contributed by atoms with Crippen LogP contribution in [0.3, 0.4) is 0 Å². The summed E-state index contributed by atoms with van der Waals surface area (Å²) in [7, 11) is 1.58. The van der Waals surface area contributed by atoms with Gasteiger partial charge in [0.2, 0.25) is 11.8 Å². The van der Waals surface area contributed by atoms with Gasteiger partial charge in [-0.1, -0.05) is 31.7 Å². The smallest absolute Gasteiger partial charge is 0.247 e. The van der Waals surface area contributed by atoms with Crippen LogP contribution < -0.4 is 14.8 Å². The minimum atomic E-state index is -0.732. The largest absolute Gasteiger partial charge is 0.493 e. The summed E-state index contributed by atoms with van der Waals surface area (Å²) in [6.07, 6.45) is 8.41. The van der Waals surface area contributed by atoms with E-state index < -0.39 is 6.04 Å². The maximum absolute atomic E-state index is 13.6. The fraction of sp³-hybridized carbons (Fsp3) is 0.667. The number of methoxy groups -OCH3 is 1. The van der Waals surface area contributed by atoms with Crippen LogP contribution in [-0.4, -0.2) is 47.9 Å². The van der Waals surface area contributed by atoms with Gasteiger partial charge in [-0.05, 0) is 57.2 Å². The average molecular weight is 451 g/mol. The first-order valence-electron chi connectivity index (χ1n) is 11.5. The molecule has 1 unspecified atom stereocenters. The summed E-state index contributed by atoms with van der Waals surface area (Å²) >= 11 is 5.94. The van der Waals surface area contributed by atoms with Crippen molar-refractivity contribution in [3.05, 3.63) is 23.8 Å². The number of nitrogens with one attached hydrogen (secondary N) is 1. The Labute approximate surface area is 190 Å². The molecule has 2 saturated carbocycles. The second-order valence-corrected chi connectivity index (χ2v) is 9.11. The summed E-state index contributed by atoms with van der Waals surface area (Å²) in [4.78, 5) is 28.0. The van der Waals surface area contributed by atoms with Gasteiger partial charge in [-0.3, -0.25) is 9.59 Å². The zero-order valence-electron chi connectivity index (χ0n) is 18.9. The molecule has 3 rings (SSSR count). The third-order valence-corrected chi connectivity index (χ3v) is 6.17. The molecule has 2 aliphatic rings. The number of benzene rings is 1. The highest BCUT2D eigenvalue weighted by Crippen LogP contribution is 2.38. The lowest BCUT2D eigenvalue weighted by Crippen LogP contribution is -2.47. The highest BCUT2D eigenvalue weighted by atomic mass is 35.5. The lowest BCUT2D eigenvalue weighted by molar-refractivity contribution is -0.140. The van der Waals surface area contributed by atoms with Crippen LogP contribution >= 0.6 is 11.6 Å². The van der Waals surface area contributed by atoms with Gasteiger partial charge >= 0.3 is 0 Å². The van der Waals surface area contributed by atoms with E-state index in [0.29, 0.717) is 17.1 Å². The zero-order valence-corrected chi connectivity index (χ0v) is 19.6. The lowest BCUT2D eigenvalue weighted by Gasteiger charge is -2.32. The van der Waals surface area contributed by atoms with Gasteiger partial charge in [0, 0.05) is 12.1 Å². The standard InChI is InChI=1S/C24H35ClN2O4/c1-16(2)31-20-13-10-17(14-21(20)30-3)23(27(19-11-12-19)22(28)15-25)24(29)26-18-8-6-4-5-7-9-18/h10,13-14,16,18-19,23H,4-9,11-12,15H2,1-3H3,(H,26,29). The molecule has 2 fully saturated rings. The maximum Gasteiger partial charge on any atom is 0.247 e. The van der Waals surface area contributed by atoms with Crippen molar-refractivity contribution in [2.24, 2.45) is 0 Å². The van der Waals surface area contributed by atoms with Gasteiger partial charge in [-0.2, -0.15) is 0 Å². The normalized spacial score (nSPS) is 18.2. The molecule has 0 aliphatic heterocycles. The van der Waals surface area contributed by atoms with E-state index in [9.17, 15) is 9.59 Å². The molecule has 1 aromatic carbocycles. The summed E-state index contributed by atoms with van der Waals surface area (Å²) in [5.41, 5.74) is 0.712. The molecule has 1 aromatic rings. The van der Waals surface area contributed by atoms with E-state index in [0.717, 1.165) is 38.5 Å². The van der Waals surface area contributed by atoms with Crippen molar-refractivity contribution in [2.75, 3.05) is 13.0 Å². The summed E-state index contributed by atoms with van der Waals surface area (Å²) in [5.74, 6) is 0.664. The van der Waals surface area contributed by atoms with Gasteiger partial charge < -0.3 is 19.7 Å². The van der Waals surface area contributed by atoms with Crippen molar-refractivity contribution in [2.45, 2.75) is 89.4 Å². The second kappa shape index (κ2) is 11.1. The number of halogens is 1. The first-order chi connectivity index (χ1) is 14.9. The van der Waals surface area contributed by atoms with Gasteiger partial charge in [0.15, 0.2) is 11.5 Å². The highest BCUT2D eigenvalue weighted by molar-refractivity contribution is 6.27. The van der Waals surface area contributed by atoms with Gasteiger partial charge in [-0.15, -0.1) is 11.6 Å². The maximum atomic E-state index is 13.6. The van der Waals surface area contributed by atoms with E-state index in [-0.39, 0.29) is 35.9 Å². The fourth-order valence-corrected chi connectivity index (χ4v) is 4.47. The molecule has 0 bridgehead atoms. The molecule has 31 heavy (non-hydrogen) atoms. The Morgan fingerprint density at radius 3 is 2.32 bits per heavy atom. The number of hydrogen-bond acceptors (Lipinski definition) is 4. The number of rotatable bonds is 9. The number of nitrogens with zero attached hydrogens (tertiary/aromatic N) is 1. The first kappa shape index (κ1) is 23.7. The summed E-state index contributed by atoms with van der Waals surface area (Å²) in [5, 5.41) is 3.24. The molecular weight excluding hydrogens is 416 g/mol. The van der Waals surface area contributed by atoms with Crippen LogP contribution in [0.1, 0.15) is 76.8 Å². The Kier molecular flexibility index (Phi) is 8.47. The lowest BCUT2D eigenvalue weighted by atomic mass is 10.0. The predicted octanol–water partition coefficient (Wildman–Crippen LogP) is 4.59. The predicted molar refractivity (Wildman–Crippen MR) is 122 cm³/mol. The van der Waals surface area contributed by atoms with Crippen LogP contribution in [0, 0.1) is 0 Å². The van der Waals surface area contributed by atoms with Crippen LogP contribution in [0.15, 0.2) is 18.2 Å². The third-order valence-electron chi connectivity index (χ3n) is 5.94. The van der Waals surface area contributed by atoms with Crippen molar-refractivity contribution in [1.29, 1.82) is 0 Å². The molecule has 7 heteroatoms. The first-order valence-corrected chi connectivity index (χ1v) is 12.0. The number of carbonyl (C=O) groups is 2. The van der Waals surface area contributed by atoms with Crippen LogP contribution in [0.2, 0.25) is 0 Å². The third kappa shape index (κ3) is 6.28. The van der Waals surface area contributed by atoms with Crippen molar-refractivity contribution in [3.63, 3.8) is 0 Å². The number of carbonyl (C=O) groups excluding carboxylic acids is 2. The number of ether oxygens (including phenoxy) is 2. The van der Waals surface area contributed by atoms with E-state index in [1.807, 2.05) is 32.0 Å². The van der Waals surface area contributed by atoms with Gasteiger partial charge in [0.05, 0.1) is 13.2 Å². The number of amides is 2. The molecule has 0 radical (unpaired) electrons. The number of alkyl halides is 1. The van der Waals surface area contributed by atoms with E-state index in [1.165, 1.54) is 12.8 Å². The molecule has 0 aromatic heterocycles. The zero-order chi connectivity index (χ0) is 22.4. The van der Waals surface area contributed by atoms with E-state index in [4.69, 9.17) is 21.1 Å². The van der Waals surface area contributed by atoms with E-state index in [1.54, 1.807) is 12.0 Å².